The number of hydrogen-bond acceptors (Lipinski definition) is 4. The van der Waals surface area contributed by atoms with Crippen molar-refractivity contribution in [1.29, 1.82) is 0 Å². The van der Waals surface area contributed by atoms with Crippen LogP contribution in [-0.2, 0) is 4.79 Å². The summed E-state index contributed by atoms with van der Waals surface area (Å²) in [6.07, 6.45) is 2.15. The average Bonchev–Trinajstić information content (AvgIpc) is 3.04. The number of carbonyl (C=O) groups excluding carboxylic acids is 1. The van der Waals surface area contributed by atoms with Crippen LogP contribution in [0.15, 0.2) is 18.2 Å². The molecule has 3 rings (SSSR count). The van der Waals surface area contributed by atoms with Crippen molar-refractivity contribution < 1.29 is 9.18 Å². The van der Waals surface area contributed by atoms with Crippen LogP contribution < -0.4 is 10.6 Å². The van der Waals surface area contributed by atoms with E-state index in [4.69, 9.17) is 0 Å². The Bertz CT molecular complexity index is 594. The average molecular weight is 265 g/mol. The Kier molecular flexibility index (Phi) is 2.87. The van der Waals surface area contributed by atoms with Gasteiger partial charge in [0.25, 0.3) is 0 Å². The lowest BCUT2D eigenvalue weighted by atomic mass is 10.3. The van der Waals surface area contributed by atoms with Gasteiger partial charge in [-0.1, -0.05) is 11.3 Å². The SMILES string of the molecule is O=C(CNc1nc2ccc(F)cc2s1)NC1CC1. The number of halogens is 1. The minimum Gasteiger partial charge on any atom is -0.352 e. The zero-order valence-electron chi connectivity index (χ0n) is 9.57. The number of anilines is 1. The number of fused-ring (bicyclic) bond motifs is 1. The van der Waals surface area contributed by atoms with Gasteiger partial charge < -0.3 is 10.6 Å². The molecule has 0 saturated heterocycles. The molecule has 0 aliphatic heterocycles. The van der Waals surface area contributed by atoms with Gasteiger partial charge in [-0.05, 0) is 31.0 Å². The second kappa shape index (κ2) is 4.53. The van der Waals surface area contributed by atoms with E-state index in [1.54, 1.807) is 6.07 Å². The van der Waals surface area contributed by atoms with Crippen LogP contribution in [0.25, 0.3) is 10.2 Å². The highest BCUT2D eigenvalue weighted by atomic mass is 32.1. The zero-order valence-corrected chi connectivity index (χ0v) is 10.4. The lowest BCUT2D eigenvalue weighted by Gasteiger charge is -2.03. The maximum atomic E-state index is 13.0. The number of amides is 1. The standard InChI is InChI=1S/C12H12FN3OS/c13-7-1-4-9-10(5-7)18-12(16-9)14-6-11(17)15-8-2-3-8/h1,4-5,8H,2-3,6H2,(H,14,16)(H,15,17). The predicted octanol–water partition coefficient (Wildman–Crippen LogP) is 2.13. The molecule has 6 heteroatoms. The van der Waals surface area contributed by atoms with Crippen LogP contribution in [0.5, 0.6) is 0 Å². The van der Waals surface area contributed by atoms with Crippen LogP contribution in [0.1, 0.15) is 12.8 Å². The molecule has 0 spiro atoms. The molecule has 1 amide bonds. The Balaban J connectivity index is 1.64. The third-order valence-corrected chi connectivity index (χ3v) is 3.67. The molecule has 18 heavy (non-hydrogen) atoms. The van der Waals surface area contributed by atoms with Gasteiger partial charge in [-0.3, -0.25) is 4.79 Å². The largest absolute Gasteiger partial charge is 0.352 e. The molecule has 0 atom stereocenters. The first-order valence-corrected chi connectivity index (χ1v) is 6.62. The van der Waals surface area contributed by atoms with E-state index in [-0.39, 0.29) is 18.3 Å². The Morgan fingerprint density at radius 1 is 1.50 bits per heavy atom. The number of thiazole rings is 1. The molecule has 1 saturated carbocycles. The molecule has 1 heterocycles. The van der Waals surface area contributed by atoms with Gasteiger partial charge in [0.05, 0.1) is 16.8 Å². The van der Waals surface area contributed by atoms with Gasteiger partial charge in [-0.2, -0.15) is 0 Å². The van der Waals surface area contributed by atoms with Gasteiger partial charge in [0.1, 0.15) is 5.82 Å². The van der Waals surface area contributed by atoms with Crippen LogP contribution in [0.3, 0.4) is 0 Å². The molecule has 4 nitrogen and oxygen atoms in total. The van der Waals surface area contributed by atoms with Crippen molar-refractivity contribution in [3.05, 3.63) is 24.0 Å². The van der Waals surface area contributed by atoms with Gasteiger partial charge in [-0.15, -0.1) is 0 Å². The molecule has 94 valence electrons. The van der Waals surface area contributed by atoms with E-state index in [0.29, 0.717) is 11.2 Å². The van der Waals surface area contributed by atoms with Crippen molar-refractivity contribution in [3.63, 3.8) is 0 Å². The van der Waals surface area contributed by atoms with Crippen molar-refractivity contribution in [2.45, 2.75) is 18.9 Å². The molecule has 1 aliphatic rings. The maximum Gasteiger partial charge on any atom is 0.239 e. The summed E-state index contributed by atoms with van der Waals surface area (Å²) in [7, 11) is 0. The third-order valence-electron chi connectivity index (χ3n) is 2.69. The number of carbonyl (C=O) groups is 1. The lowest BCUT2D eigenvalue weighted by Crippen LogP contribution is -2.31. The first-order valence-electron chi connectivity index (χ1n) is 5.80. The third kappa shape index (κ3) is 2.59. The summed E-state index contributed by atoms with van der Waals surface area (Å²) in [5.74, 6) is -0.299. The van der Waals surface area contributed by atoms with E-state index in [9.17, 15) is 9.18 Å². The van der Waals surface area contributed by atoms with Crippen LogP contribution in [0.4, 0.5) is 9.52 Å². The van der Waals surface area contributed by atoms with E-state index in [0.717, 1.165) is 23.1 Å². The van der Waals surface area contributed by atoms with Crippen LogP contribution in [0.2, 0.25) is 0 Å². The molecular weight excluding hydrogens is 253 g/mol. The number of aromatic nitrogens is 1. The summed E-state index contributed by atoms with van der Waals surface area (Å²) in [6, 6.07) is 4.83. The number of benzene rings is 1. The second-order valence-electron chi connectivity index (χ2n) is 4.33. The van der Waals surface area contributed by atoms with Crippen LogP contribution >= 0.6 is 11.3 Å². The van der Waals surface area contributed by atoms with Gasteiger partial charge >= 0.3 is 0 Å². The first kappa shape index (κ1) is 11.4. The number of nitrogens with one attached hydrogen (secondary N) is 2. The minimum atomic E-state index is -0.274. The summed E-state index contributed by atoms with van der Waals surface area (Å²) < 4.78 is 13.8. The molecule has 2 aromatic rings. The van der Waals surface area contributed by atoms with Gasteiger partial charge in [0.2, 0.25) is 5.91 Å². The molecular formula is C12H12FN3OS. The quantitative estimate of drug-likeness (QED) is 0.890. The minimum absolute atomic E-state index is 0.0251. The number of rotatable bonds is 4. The fourth-order valence-corrected chi connectivity index (χ4v) is 2.52. The highest BCUT2D eigenvalue weighted by molar-refractivity contribution is 7.22. The Morgan fingerprint density at radius 3 is 3.11 bits per heavy atom. The monoisotopic (exact) mass is 265 g/mol. The number of nitrogens with zero attached hydrogens (tertiary/aromatic N) is 1. The van der Waals surface area contributed by atoms with E-state index >= 15 is 0 Å². The van der Waals surface area contributed by atoms with E-state index in [2.05, 4.69) is 15.6 Å². The molecule has 1 aliphatic carbocycles. The fraction of sp³-hybridized carbons (Fsp3) is 0.333. The van der Waals surface area contributed by atoms with Crippen molar-refractivity contribution in [2.75, 3.05) is 11.9 Å². The van der Waals surface area contributed by atoms with E-state index in [1.807, 2.05) is 0 Å². The molecule has 1 aromatic carbocycles. The number of hydrogen-bond donors (Lipinski definition) is 2. The molecule has 0 bridgehead atoms. The predicted molar refractivity (Wildman–Crippen MR) is 69.2 cm³/mol. The Labute approximate surface area is 107 Å². The summed E-state index contributed by atoms with van der Waals surface area (Å²) in [6.45, 7) is 0.207. The Morgan fingerprint density at radius 2 is 2.33 bits per heavy atom. The smallest absolute Gasteiger partial charge is 0.239 e. The molecule has 1 fully saturated rings. The fourth-order valence-electron chi connectivity index (χ4n) is 1.64. The van der Waals surface area contributed by atoms with Crippen molar-refractivity contribution in [1.82, 2.24) is 10.3 Å². The topological polar surface area (TPSA) is 54.0 Å². The summed E-state index contributed by atoms with van der Waals surface area (Å²) in [5.41, 5.74) is 0.742. The zero-order chi connectivity index (χ0) is 12.5. The molecule has 0 radical (unpaired) electrons. The van der Waals surface area contributed by atoms with Gasteiger partial charge in [-0.25, -0.2) is 9.37 Å². The maximum absolute atomic E-state index is 13.0. The first-order chi connectivity index (χ1) is 8.70. The van der Waals surface area contributed by atoms with Gasteiger partial charge in [0.15, 0.2) is 5.13 Å². The molecule has 2 N–H and O–H groups in total. The van der Waals surface area contributed by atoms with Crippen molar-refractivity contribution in [3.8, 4) is 0 Å². The Hall–Kier alpha value is -1.69. The second-order valence-corrected chi connectivity index (χ2v) is 5.36. The summed E-state index contributed by atoms with van der Waals surface area (Å²) >= 11 is 1.35. The normalized spacial score (nSPS) is 14.7. The molecule has 1 aromatic heterocycles. The van der Waals surface area contributed by atoms with Crippen molar-refractivity contribution >= 4 is 32.6 Å². The molecule has 0 unspecified atom stereocenters. The highest BCUT2D eigenvalue weighted by Crippen LogP contribution is 2.26. The van der Waals surface area contributed by atoms with E-state index in [1.165, 1.54) is 23.5 Å². The van der Waals surface area contributed by atoms with Gasteiger partial charge in [0, 0.05) is 6.04 Å². The lowest BCUT2D eigenvalue weighted by molar-refractivity contribution is -0.119. The van der Waals surface area contributed by atoms with E-state index < -0.39 is 0 Å². The summed E-state index contributed by atoms with van der Waals surface area (Å²) in [4.78, 5) is 15.8. The van der Waals surface area contributed by atoms with Crippen LogP contribution in [-0.4, -0.2) is 23.5 Å². The van der Waals surface area contributed by atoms with Crippen molar-refractivity contribution in [2.24, 2.45) is 0 Å². The highest BCUT2D eigenvalue weighted by Gasteiger charge is 2.22. The summed E-state index contributed by atoms with van der Waals surface area (Å²) in [5, 5.41) is 6.48. The van der Waals surface area contributed by atoms with Crippen LogP contribution in [0, 0.1) is 5.82 Å².